The molecule has 3 amide bonds. The summed E-state index contributed by atoms with van der Waals surface area (Å²) in [5.74, 6) is -4.01. The molecule has 0 radical (unpaired) electrons. The number of hydrogen-bond donors (Lipinski definition) is 2. The van der Waals surface area contributed by atoms with Crippen molar-refractivity contribution in [2.24, 2.45) is 0 Å². The number of ketones is 1. The molecule has 1 aromatic carbocycles. The Morgan fingerprint density at radius 2 is 1.77 bits per heavy atom. The maximum atomic E-state index is 12.8. The number of likely N-dealkylation sites (tertiary alicyclic amines) is 1. The second-order valence-electron chi connectivity index (χ2n) is 7.50. The van der Waals surface area contributed by atoms with E-state index in [1.54, 1.807) is 12.1 Å². The van der Waals surface area contributed by atoms with Gasteiger partial charge in [-0.25, -0.2) is 4.79 Å². The van der Waals surface area contributed by atoms with Crippen molar-refractivity contribution in [3.8, 4) is 0 Å². The number of Topliss-reactive ketones (excluding diaryl/α,β-unsaturated/α-hetero) is 1. The molecule has 4 atom stereocenters. The number of aliphatic hydroxyl groups excluding tert-OH is 1. The van der Waals surface area contributed by atoms with Crippen molar-refractivity contribution in [1.82, 2.24) is 9.80 Å². The predicted molar refractivity (Wildman–Crippen MR) is 98.2 cm³/mol. The van der Waals surface area contributed by atoms with E-state index in [0.29, 0.717) is 17.9 Å². The lowest BCUT2D eigenvalue weighted by Crippen LogP contribution is -2.74. The van der Waals surface area contributed by atoms with Crippen LogP contribution in [-0.4, -0.2) is 80.5 Å². The Bertz CT molecular complexity index is 903. The van der Waals surface area contributed by atoms with Crippen LogP contribution in [0.1, 0.15) is 46.4 Å². The number of nitrogens with zero attached hydrogens (tertiary/aromatic N) is 2. The Hall–Kier alpha value is -3.11. The summed E-state index contributed by atoms with van der Waals surface area (Å²) in [6.07, 6.45) is -1.37. The monoisotopic (exact) mass is 416 g/mol. The molecule has 4 rings (SSSR count). The van der Waals surface area contributed by atoms with Crippen LogP contribution < -0.4 is 0 Å². The first-order valence-electron chi connectivity index (χ1n) is 9.67. The van der Waals surface area contributed by atoms with Gasteiger partial charge in [0.2, 0.25) is 6.23 Å². The fourth-order valence-electron chi connectivity index (χ4n) is 4.29. The summed E-state index contributed by atoms with van der Waals surface area (Å²) in [5.41, 5.74) is 0.309. The Morgan fingerprint density at radius 1 is 1.13 bits per heavy atom. The molecule has 2 saturated heterocycles. The third kappa shape index (κ3) is 3.08. The van der Waals surface area contributed by atoms with E-state index in [-0.39, 0.29) is 29.8 Å². The lowest BCUT2D eigenvalue weighted by Gasteiger charge is -2.50. The second-order valence-corrected chi connectivity index (χ2v) is 7.50. The minimum absolute atomic E-state index is 0.00710. The van der Waals surface area contributed by atoms with E-state index in [9.17, 15) is 29.1 Å². The van der Waals surface area contributed by atoms with Crippen LogP contribution in [-0.2, 0) is 19.1 Å². The van der Waals surface area contributed by atoms with Gasteiger partial charge in [0.05, 0.1) is 17.2 Å². The first kappa shape index (κ1) is 20.2. The molecule has 2 fully saturated rings. The third-order valence-electron chi connectivity index (χ3n) is 5.79. The van der Waals surface area contributed by atoms with Crippen molar-refractivity contribution in [2.75, 3.05) is 6.61 Å². The van der Waals surface area contributed by atoms with Crippen molar-refractivity contribution in [3.05, 3.63) is 35.4 Å². The number of ether oxygens (including phenoxy) is 1. The summed E-state index contributed by atoms with van der Waals surface area (Å²) in [6.45, 7) is 0.486. The van der Waals surface area contributed by atoms with Crippen molar-refractivity contribution in [1.29, 1.82) is 0 Å². The predicted octanol–water partition coefficient (Wildman–Crippen LogP) is -0.207. The quantitative estimate of drug-likeness (QED) is 0.460. The van der Waals surface area contributed by atoms with Gasteiger partial charge in [-0.05, 0) is 31.4 Å². The van der Waals surface area contributed by atoms with E-state index >= 15 is 0 Å². The highest BCUT2D eigenvalue weighted by Crippen LogP contribution is 2.36. The largest absolute Gasteiger partial charge is 0.478 e. The van der Waals surface area contributed by atoms with Crippen molar-refractivity contribution in [3.63, 3.8) is 0 Å². The minimum atomic E-state index is -2.13. The molecular formula is C20H20N2O8. The van der Waals surface area contributed by atoms with Crippen LogP contribution in [0.2, 0.25) is 0 Å². The normalized spacial score (nSPS) is 26.6. The molecule has 0 bridgehead atoms. The van der Waals surface area contributed by atoms with E-state index < -0.39 is 48.1 Å². The van der Waals surface area contributed by atoms with Crippen molar-refractivity contribution >= 4 is 29.5 Å². The smallest absolute Gasteiger partial charge is 0.354 e. The second kappa shape index (κ2) is 7.62. The van der Waals surface area contributed by atoms with Gasteiger partial charge in [0.25, 0.3) is 17.7 Å². The minimum Gasteiger partial charge on any atom is -0.478 e. The number of carboxylic acid groups (broad SMARTS) is 1. The molecule has 10 nitrogen and oxygen atoms in total. The number of benzene rings is 1. The summed E-state index contributed by atoms with van der Waals surface area (Å²) >= 11 is 0. The van der Waals surface area contributed by atoms with E-state index in [1.165, 1.54) is 12.1 Å². The lowest BCUT2D eigenvalue weighted by atomic mass is 9.87. The Balaban J connectivity index is 1.57. The molecule has 0 aliphatic carbocycles. The van der Waals surface area contributed by atoms with Crippen LogP contribution in [0, 0.1) is 0 Å². The molecular weight excluding hydrogens is 396 g/mol. The lowest BCUT2D eigenvalue weighted by molar-refractivity contribution is -0.187. The zero-order chi connectivity index (χ0) is 21.6. The molecule has 1 aromatic rings. The van der Waals surface area contributed by atoms with Gasteiger partial charge < -0.3 is 14.9 Å². The van der Waals surface area contributed by atoms with Gasteiger partial charge in [-0.1, -0.05) is 12.1 Å². The van der Waals surface area contributed by atoms with Crippen molar-refractivity contribution < 1.29 is 38.9 Å². The Kier molecular flexibility index (Phi) is 5.12. The molecule has 0 saturated carbocycles. The molecule has 0 spiro atoms. The Labute approximate surface area is 171 Å². The first-order chi connectivity index (χ1) is 14.3. The topological polar surface area (TPSA) is 142 Å². The van der Waals surface area contributed by atoms with Crippen LogP contribution in [0.5, 0.6) is 0 Å². The van der Waals surface area contributed by atoms with E-state index in [0.717, 1.165) is 11.3 Å². The fourth-order valence-corrected chi connectivity index (χ4v) is 4.29. The number of carbonyl (C=O) groups is 5. The van der Waals surface area contributed by atoms with E-state index in [1.807, 2.05) is 0 Å². The van der Waals surface area contributed by atoms with Crippen molar-refractivity contribution in [2.45, 2.75) is 50.1 Å². The third-order valence-corrected chi connectivity index (χ3v) is 5.79. The maximum Gasteiger partial charge on any atom is 0.354 e. The average Bonchev–Trinajstić information content (AvgIpc) is 3.35. The molecule has 2 N–H and O–H groups in total. The number of rotatable bonds is 7. The number of hydrogen-bond acceptors (Lipinski definition) is 7. The highest BCUT2D eigenvalue weighted by atomic mass is 16.5. The molecule has 30 heavy (non-hydrogen) atoms. The first-order valence-corrected chi connectivity index (χ1v) is 9.67. The number of carboxylic acids is 1. The van der Waals surface area contributed by atoms with Crippen LogP contribution >= 0.6 is 0 Å². The van der Waals surface area contributed by atoms with Gasteiger partial charge >= 0.3 is 5.97 Å². The van der Waals surface area contributed by atoms with Gasteiger partial charge in [0.15, 0.2) is 5.78 Å². The highest BCUT2D eigenvalue weighted by Gasteiger charge is 2.58. The number of aliphatic carboxylic acids is 1. The maximum absolute atomic E-state index is 12.8. The summed E-state index contributed by atoms with van der Waals surface area (Å²) in [4.78, 5) is 63.3. The van der Waals surface area contributed by atoms with Gasteiger partial charge in [0, 0.05) is 13.0 Å². The number of aliphatic hydroxyl groups is 1. The standard InChI is InChI=1S/C20H20N2O8/c23-13(14-6-3-9-30-14)8-7-12-15(18(26)21(12)19(27)20(28)29)22-16(24)10-4-1-2-5-11(10)17(22)25/h1-2,4-5,12,14-15,19,27H,3,6-9H2,(H,28,29)/t12-,14+,15+,19?/m1/s1. The van der Waals surface area contributed by atoms with Gasteiger partial charge in [-0.15, -0.1) is 0 Å². The molecule has 10 heteroatoms. The summed E-state index contributed by atoms with van der Waals surface area (Å²) in [6, 6.07) is 3.86. The molecule has 3 aliphatic rings. The molecule has 3 aliphatic heterocycles. The molecule has 158 valence electrons. The van der Waals surface area contributed by atoms with Crippen LogP contribution in [0.25, 0.3) is 0 Å². The highest BCUT2D eigenvalue weighted by molar-refractivity contribution is 6.23. The number of fused-ring (bicyclic) bond motifs is 1. The van der Waals surface area contributed by atoms with Crippen LogP contribution in [0.4, 0.5) is 0 Å². The molecule has 0 aromatic heterocycles. The zero-order valence-electron chi connectivity index (χ0n) is 15.9. The van der Waals surface area contributed by atoms with E-state index in [2.05, 4.69) is 0 Å². The molecule has 1 unspecified atom stereocenters. The average molecular weight is 416 g/mol. The number of β-lactam (4-membered cyclic amide) rings is 1. The summed E-state index contributed by atoms with van der Waals surface area (Å²) in [7, 11) is 0. The van der Waals surface area contributed by atoms with E-state index in [4.69, 9.17) is 9.84 Å². The summed E-state index contributed by atoms with van der Waals surface area (Å²) < 4.78 is 5.34. The SMILES string of the molecule is O=C(O)C(O)N1C(=O)[C@@H](N2C(=O)c3ccccc3C2=O)[C@H]1CCC(=O)[C@@H]1CCCO1. The molecule has 3 heterocycles. The number of amides is 3. The number of imide groups is 1. The van der Waals surface area contributed by atoms with Gasteiger partial charge in [-0.2, -0.15) is 0 Å². The van der Waals surface area contributed by atoms with Crippen LogP contribution in [0.15, 0.2) is 24.3 Å². The number of carbonyl (C=O) groups excluding carboxylic acids is 4. The van der Waals surface area contributed by atoms with Crippen LogP contribution in [0.3, 0.4) is 0 Å². The zero-order valence-corrected chi connectivity index (χ0v) is 15.9. The van der Waals surface area contributed by atoms with Gasteiger partial charge in [0.1, 0.15) is 12.1 Å². The summed E-state index contributed by atoms with van der Waals surface area (Å²) in [5, 5.41) is 19.1. The fraction of sp³-hybridized carbons (Fsp3) is 0.450. The van der Waals surface area contributed by atoms with Gasteiger partial charge in [-0.3, -0.25) is 29.0 Å². The Morgan fingerprint density at radius 3 is 2.30 bits per heavy atom.